The van der Waals surface area contributed by atoms with Crippen LogP contribution in [0.2, 0.25) is 0 Å². The number of amides is 1. The minimum absolute atomic E-state index is 0.942. The molecule has 9 heavy (non-hydrogen) atoms. The molecule has 1 atom stereocenters. The maximum absolute atomic E-state index is 11.5. The Balaban J connectivity index is 3.50. The van der Waals surface area contributed by atoms with E-state index in [9.17, 15) is 18.0 Å². The SMILES string of the molecule is O=C(O)NC(F)C(F)F. The van der Waals surface area contributed by atoms with Gasteiger partial charge in [-0.1, -0.05) is 0 Å². The topological polar surface area (TPSA) is 49.3 Å². The number of rotatable bonds is 2. The number of hydrogen-bond donors (Lipinski definition) is 2. The molecule has 0 radical (unpaired) electrons. The maximum atomic E-state index is 11.5. The summed E-state index contributed by atoms with van der Waals surface area (Å²) < 4.78 is 33.7. The molecule has 0 fully saturated rings. The van der Waals surface area contributed by atoms with E-state index in [1.807, 2.05) is 0 Å². The Labute approximate surface area is 48.5 Å². The number of hydrogen-bond acceptors (Lipinski definition) is 1. The fourth-order valence-corrected chi connectivity index (χ4v) is 0.181. The van der Waals surface area contributed by atoms with Crippen molar-refractivity contribution in [1.82, 2.24) is 5.32 Å². The number of alkyl halides is 3. The lowest BCUT2D eigenvalue weighted by Gasteiger charge is -2.04. The number of nitrogens with one attached hydrogen (secondary N) is 1. The van der Waals surface area contributed by atoms with Gasteiger partial charge in [-0.25, -0.2) is 18.0 Å². The third kappa shape index (κ3) is 3.63. The van der Waals surface area contributed by atoms with Crippen LogP contribution in [0.15, 0.2) is 0 Å². The zero-order valence-corrected chi connectivity index (χ0v) is 4.14. The molecular formula is C3H4F3NO2. The summed E-state index contributed by atoms with van der Waals surface area (Å²) in [5.41, 5.74) is 0. The highest BCUT2D eigenvalue weighted by molar-refractivity contribution is 5.64. The molecule has 0 aliphatic carbocycles. The normalized spacial score (nSPS) is 13.3. The van der Waals surface area contributed by atoms with Gasteiger partial charge >= 0.3 is 6.09 Å². The Bertz CT molecular complexity index is 107. The van der Waals surface area contributed by atoms with Crippen molar-refractivity contribution in [3.63, 3.8) is 0 Å². The van der Waals surface area contributed by atoms with Crippen molar-refractivity contribution in [1.29, 1.82) is 0 Å². The molecule has 6 heteroatoms. The summed E-state index contributed by atoms with van der Waals surface area (Å²) in [5, 5.41) is 8.59. The van der Waals surface area contributed by atoms with E-state index in [1.54, 1.807) is 0 Å². The lowest BCUT2D eigenvalue weighted by Crippen LogP contribution is -2.35. The van der Waals surface area contributed by atoms with Gasteiger partial charge in [-0.2, -0.15) is 0 Å². The summed E-state index contributed by atoms with van der Waals surface area (Å²) in [6, 6.07) is 0. The molecule has 0 bridgehead atoms. The Morgan fingerprint density at radius 1 is 1.44 bits per heavy atom. The standard InChI is InChI=1S/C3H4F3NO2/c4-1(5)2(6)7-3(8)9/h1-2,7H,(H,8,9). The summed E-state index contributed by atoms with van der Waals surface area (Å²) in [4.78, 5) is 9.43. The zero-order valence-electron chi connectivity index (χ0n) is 4.14. The molecule has 0 saturated heterocycles. The van der Waals surface area contributed by atoms with Crippen LogP contribution >= 0.6 is 0 Å². The molecule has 54 valence electrons. The quantitative estimate of drug-likeness (QED) is 0.562. The average Bonchev–Trinajstić information content (AvgIpc) is 1.63. The minimum atomic E-state index is -3.30. The largest absolute Gasteiger partial charge is 0.465 e. The van der Waals surface area contributed by atoms with Gasteiger partial charge in [-0.05, 0) is 0 Å². The first-order chi connectivity index (χ1) is 4.04. The highest BCUT2D eigenvalue weighted by Gasteiger charge is 2.20. The van der Waals surface area contributed by atoms with Gasteiger partial charge in [0, 0.05) is 0 Å². The first-order valence-electron chi connectivity index (χ1n) is 1.95. The third-order valence-electron chi connectivity index (χ3n) is 0.483. The van der Waals surface area contributed by atoms with Gasteiger partial charge in [0.2, 0.25) is 6.30 Å². The van der Waals surface area contributed by atoms with Crippen LogP contribution in [-0.4, -0.2) is 23.9 Å². The van der Waals surface area contributed by atoms with Crippen molar-refractivity contribution in [2.24, 2.45) is 0 Å². The van der Waals surface area contributed by atoms with Crippen LogP contribution in [0, 0.1) is 0 Å². The number of halogens is 3. The van der Waals surface area contributed by atoms with Gasteiger partial charge in [-0.15, -0.1) is 0 Å². The fraction of sp³-hybridized carbons (Fsp3) is 0.667. The predicted octanol–water partition coefficient (Wildman–Crippen LogP) is 0.815. The second-order valence-electron chi connectivity index (χ2n) is 1.19. The first-order valence-corrected chi connectivity index (χ1v) is 1.95. The minimum Gasteiger partial charge on any atom is -0.465 e. The maximum Gasteiger partial charge on any atom is 0.407 e. The van der Waals surface area contributed by atoms with E-state index >= 15 is 0 Å². The van der Waals surface area contributed by atoms with Crippen LogP contribution in [0.5, 0.6) is 0 Å². The van der Waals surface area contributed by atoms with Gasteiger partial charge in [0.25, 0.3) is 6.43 Å². The molecule has 1 unspecified atom stereocenters. The Hall–Kier alpha value is -0.940. The van der Waals surface area contributed by atoms with Crippen molar-refractivity contribution in [2.45, 2.75) is 12.7 Å². The van der Waals surface area contributed by atoms with Gasteiger partial charge in [-0.3, -0.25) is 5.32 Å². The molecule has 0 saturated carbocycles. The van der Waals surface area contributed by atoms with Gasteiger partial charge in [0.1, 0.15) is 0 Å². The van der Waals surface area contributed by atoms with Crippen LogP contribution in [0.1, 0.15) is 0 Å². The van der Waals surface area contributed by atoms with Crippen molar-refractivity contribution >= 4 is 6.09 Å². The highest BCUT2D eigenvalue weighted by Crippen LogP contribution is 2.00. The number of carbonyl (C=O) groups is 1. The molecule has 2 N–H and O–H groups in total. The average molecular weight is 143 g/mol. The Morgan fingerprint density at radius 2 is 1.89 bits per heavy atom. The zero-order chi connectivity index (χ0) is 7.44. The van der Waals surface area contributed by atoms with Crippen molar-refractivity contribution in [3.8, 4) is 0 Å². The van der Waals surface area contributed by atoms with Crippen LogP contribution in [0.25, 0.3) is 0 Å². The lowest BCUT2D eigenvalue weighted by molar-refractivity contribution is 0.0319. The fourth-order valence-electron chi connectivity index (χ4n) is 0.181. The van der Waals surface area contributed by atoms with Crippen LogP contribution in [-0.2, 0) is 0 Å². The van der Waals surface area contributed by atoms with Crippen molar-refractivity contribution in [3.05, 3.63) is 0 Å². The molecule has 0 rings (SSSR count). The van der Waals surface area contributed by atoms with E-state index in [4.69, 9.17) is 5.11 Å². The monoisotopic (exact) mass is 143 g/mol. The molecule has 0 heterocycles. The van der Waals surface area contributed by atoms with Crippen LogP contribution in [0.3, 0.4) is 0 Å². The molecule has 1 amide bonds. The summed E-state index contributed by atoms with van der Waals surface area (Å²) in [7, 11) is 0. The summed E-state index contributed by atoms with van der Waals surface area (Å²) in [6.45, 7) is 0. The van der Waals surface area contributed by atoms with E-state index in [-0.39, 0.29) is 0 Å². The number of carboxylic acid groups (broad SMARTS) is 1. The lowest BCUT2D eigenvalue weighted by atomic mass is 10.6. The van der Waals surface area contributed by atoms with Gasteiger partial charge in [0.05, 0.1) is 0 Å². The first kappa shape index (κ1) is 8.06. The Kier molecular flexibility index (Phi) is 2.83. The molecule has 0 aliphatic heterocycles. The van der Waals surface area contributed by atoms with E-state index in [2.05, 4.69) is 0 Å². The Morgan fingerprint density at radius 3 is 2.00 bits per heavy atom. The molecule has 0 aromatic heterocycles. The molecule has 0 aromatic rings. The molecular weight excluding hydrogens is 139 g/mol. The molecule has 0 spiro atoms. The third-order valence-corrected chi connectivity index (χ3v) is 0.483. The highest BCUT2D eigenvalue weighted by atomic mass is 19.3. The van der Waals surface area contributed by atoms with E-state index in [0.29, 0.717) is 0 Å². The van der Waals surface area contributed by atoms with Crippen molar-refractivity contribution < 1.29 is 23.1 Å². The second kappa shape index (κ2) is 3.16. The van der Waals surface area contributed by atoms with Crippen LogP contribution in [0.4, 0.5) is 18.0 Å². The summed E-state index contributed by atoms with van der Waals surface area (Å²) in [5.74, 6) is 0. The van der Waals surface area contributed by atoms with E-state index < -0.39 is 18.8 Å². The smallest absolute Gasteiger partial charge is 0.407 e. The molecule has 0 aromatic carbocycles. The van der Waals surface area contributed by atoms with Crippen LogP contribution < -0.4 is 5.32 Å². The predicted molar refractivity (Wildman–Crippen MR) is 22.1 cm³/mol. The molecule has 3 nitrogen and oxygen atoms in total. The summed E-state index contributed by atoms with van der Waals surface area (Å²) in [6.07, 6.45) is -7.90. The second-order valence-corrected chi connectivity index (χ2v) is 1.19. The van der Waals surface area contributed by atoms with E-state index in [1.165, 1.54) is 0 Å². The van der Waals surface area contributed by atoms with Gasteiger partial charge in [0.15, 0.2) is 0 Å². The molecule has 0 aliphatic rings. The van der Waals surface area contributed by atoms with Gasteiger partial charge < -0.3 is 5.11 Å². The van der Waals surface area contributed by atoms with E-state index in [0.717, 1.165) is 5.32 Å². The van der Waals surface area contributed by atoms with Crippen molar-refractivity contribution in [2.75, 3.05) is 0 Å². The summed E-state index contributed by atoms with van der Waals surface area (Å²) >= 11 is 0.